The van der Waals surface area contributed by atoms with Gasteiger partial charge in [-0.25, -0.2) is 9.97 Å². The van der Waals surface area contributed by atoms with Crippen LogP contribution in [-0.4, -0.2) is 44.3 Å². The van der Waals surface area contributed by atoms with Gasteiger partial charge in [0.25, 0.3) is 5.56 Å². The number of H-pyrrole nitrogens is 2. The number of amides is 1. The summed E-state index contributed by atoms with van der Waals surface area (Å²) in [5.41, 5.74) is 2.22. The quantitative estimate of drug-likeness (QED) is 0.643. The summed E-state index contributed by atoms with van der Waals surface area (Å²) in [5, 5.41) is 5.03. The lowest BCUT2D eigenvalue weighted by Crippen LogP contribution is -2.42. The minimum atomic E-state index is -0.471. The van der Waals surface area contributed by atoms with Gasteiger partial charge in [0.2, 0.25) is 5.91 Å². The number of fused-ring (bicyclic) bond motifs is 2. The molecular weight excluding hydrogens is 328 g/mol. The highest BCUT2D eigenvalue weighted by Crippen LogP contribution is 2.21. The van der Waals surface area contributed by atoms with E-state index in [2.05, 4.69) is 25.3 Å². The summed E-state index contributed by atoms with van der Waals surface area (Å²) in [6, 6.07) is 1.33. The topological polar surface area (TPSA) is 107 Å². The van der Waals surface area contributed by atoms with Crippen LogP contribution in [0.4, 0.5) is 0 Å². The molecule has 0 saturated heterocycles. The molecule has 3 N–H and O–H groups in total. The number of likely N-dealkylation sites (N-methyl/N-ethyl adjacent to an activating group) is 1. The highest BCUT2D eigenvalue weighted by atomic mass is 32.1. The summed E-state index contributed by atoms with van der Waals surface area (Å²) in [5.74, 6) is 0.371. The molecule has 0 aliphatic carbocycles. The monoisotopic (exact) mass is 344 g/mol. The van der Waals surface area contributed by atoms with Crippen molar-refractivity contribution in [2.75, 3.05) is 13.6 Å². The smallest absolute Gasteiger partial charge is 0.268 e. The SMILES string of the molecule is CN(Cc1nc2ccsc2c(=O)[nH]1)C(=O)[C@@H]1NCCc2[nH]cnc21. The molecule has 124 valence electrons. The van der Waals surface area contributed by atoms with Gasteiger partial charge in [0.1, 0.15) is 16.6 Å². The number of thiophene rings is 1. The zero-order valence-corrected chi connectivity index (χ0v) is 13.8. The number of carbonyl (C=O) groups excluding carboxylic acids is 1. The number of hydrogen-bond donors (Lipinski definition) is 3. The molecule has 0 saturated carbocycles. The van der Waals surface area contributed by atoms with Crippen molar-refractivity contribution in [3.05, 3.63) is 45.3 Å². The predicted molar refractivity (Wildman–Crippen MR) is 89.8 cm³/mol. The Balaban J connectivity index is 1.56. The number of nitrogens with zero attached hydrogens (tertiary/aromatic N) is 3. The molecule has 9 heteroatoms. The normalized spacial score (nSPS) is 17.0. The van der Waals surface area contributed by atoms with E-state index in [4.69, 9.17) is 0 Å². The molecule has 0 bridgehead atoms. The zero-order valence-electron chi connectivity index (χ0n) is 13.0. The van der Waals surface area contributed by atoms with Crippen LogP contribution in [-0.2, 0) is 17.8 Å². The first-order valence-corrected chi connectivity index (χ1v) is 8.48. The van der Waals surface area contributed by atoms with Crippen molar-refractivity contribution in [1.29, 1.82) is 0 Å². The summed E-state index contributed by atoms with van der Waals surface area (Å²) < 4.78 is 0.600. The second kappa shape index (κ2) is 5.84. The second-order valence-electron chi connectivity index (χ2n) is 5.75. The molecule has 0 spiro atoms. The first-order valence-electron chi connectivity index (χ1n) is 7.60. The zero-order chi connectivity index (χ0) is 16.7. The van der Waals surface area contributed by atoms with E-state index in [1.54, 1.807) is 24.3 Å². The molecule has 4 heterocycles. The van der Waals surface area contributed by atoms with Crippen LogP contribution in [0.25, 0.3) is 10.2 Å². The number of rotatable bonds is 3. The highest BCUT2D eigenvalue weighted by molar-refractivity contribution is 7.17. The molecule has 1 atom stereocenters. The number of hydrogen-bond acceptors (Lipinski definition) is 6. The average molecular weight is 344 g/mol. The van der Waals surface area contributed by atoms with E-state index in [0.29, 0.717) is 16.0 Å². The van der Waals surface area contributed by atoms with E-state index in [1.165, 1.54) is 11.3 Å². The van der Waals surface area contributed by atoms with E-state index >= 15 is 0 Å². The molecule has 3 aromatic rings. The molecule has 0 unspecified atom stereocenters. The molecule has 4 rings (SSSR count). The van der Waals surface area contributed by atoms with E-state index < -0.39 is 6.04 Å². The van der Waals surface area contributed by atoms with Gasteiger partial charge < -0.3 is 20.2 Å². The fourth-order valence-electron chi connectivity index (χ4n) is 2.94. The van der Waals surface area contributed by atoms with Crippen molar-refractivity contribution in [3.63, 3.8) is 0 Å². The van der Waals surface area contributed by atoms with Crippen LogP contribution in [0, 0.1) is 0 Å². The summed E-state index contributed by atoms with van der Waals surface area (Å²) in [7, 11) is 1.70. The third-order valence-electron chi connectivity index (χ3n) is 4.12. The van der Waals surface area contributed by atoms with Crippen molar-refractivity contribution in [1.82, 2.24) is 30.2 Å². The fraction of sp³-hybridized carbons (Fsp3) is 0.333. The molecular formula is C15H16N6O2S. The number of imidazole rings is 1. The third kappa shape index (κ3) is 2.51. The van der Waals surface area contributed by atoms with Gasteiger partial charge in [-0.3, -0.25) is 9.59 Å². The predicted octanol–water partition coefficient (Wildman–Crippen LogP) is 0.553. The van der Waals surface area contributed by atoms with Crippen LogP contribution in [0.1, 0.15) is 23.3 Å². The van der Waals surface area contributed by atoms with Crippen LogP contribution >= 0.6 is 11.3 Å². The number of aromatic amines is 2. The molecule has 24 heavy (non-hydrogen) atoms. The number of carbonyl (C=O) groups is 1. The maximum atomic E-state index is 12.8. The Labute approximate surface area is 140 Å². The average Bonchev–Trinajstić information content (AvgIpc) is 3.22. The lowest BCUT2D eigenvalue weighted by molar-refractivity contribution is -0.133. The van der Waals surface area contributed by atoms with E-state index in [0.717, 1.165) is 24.4 Å². The Morgan fingerprint density at radius 3 is 3.25 bits per heavy atom. The minimum absolute atomic E-state index is 0.101. The Hall–Kier alpha value is -2.52. The van der Waals surface area contributed by atoms with Crippen LogP contribution in [0.3, 0.4) is 0 Å². The van der Waals surface area contributed by atoms with Gasteiger partial charge in [-0.1, -0.05) is 0 Å². The van der Waals surface area contributed by atoms with E-state index in [9.17, 15) is 9.59 Å². The molecule has 8 nitrogen and oxygen atoms in total. The van der Waals surface area contributed by atoms with Crippen LogP contribution in [0.15, 0.2) is 22.6 Å². The Morgan fingerprint density at radius 2 is 2.38 bits per heavy atom. The van der Waals surface area contributed by atoms with Gasteiger partial charge in [0.05, 0.1) is 24.1 Å². The van der Waals surface area contributed by atoms with Crippen LogP contribution in [0.2, 0.25) is 0 Å². The Morgan fingerprint density at radius 1 is 1.50 bits per heavy atom. The highest BCUT2D eigenvalue weighted by Gasteiger charge is 2.30. The number of aromatic nitrogens is 4. The second-order valence-corrected chi connectivity index (χ2v) is 6.66. The molecule has 0 radical (unpaired) electrons. The summed E-state index contributed by atoms with van der Waals surface area (Å²) in [4.78, 5) is 40.8. The van der Waals surface area contributed by atoms with Crippen molar-refractivity contribution < 1.29 is 4.79 Å². The fourth-order valence-corrected chi connectivity index (χ4v) is 3.67. The number of nitrogens with one attached hydrogen (secondary N) is 3. The third-order valence-corrected chi connectivity index (χ3v) is 5.02. The molecule has 1 amide bonds. The van der Waals surface area contributed by atoms with E-state index in [1.807, 2.05) is 5.38 Å². The van der Waals surface area contributed by atoms with Crippen molar-refractivity contribution >= 4 is 27.5 Å². The van der Waals surface area contributed by atoms with Gasteiger partial charge in [-0.05, 0) is 11.4 Å². The molecule has 0 aromatic carbocycles. The molecule has 3 aromatic heterocycles. The van der Waals surface area contributed by atoms with Gasteiger partial charge in [-0.15, -0.1) is 11.3 Å². The first-order chi connectivity index (χ1) is 11.6. The summed E-state index contributed by atoms with van der Waals surface area (Å²) >= 11 is 1.36. The van der Waals surface area contributed by atoms with Gasteiger partial charge in [-0.2, -0.15) is 0 Å². The van der Waals surface area contributed by atoms with Gasteiger partial charge in [0, 0.05) is 25.7 Å². The molecule has 0 fully saturated rings. The van der Waals surface area contributed by atoms with Crippen LogP contribution < -0.4 is 10.9 Å². The molecule has 1 aliphatic rings. The Kier molecular flexibility index (Phi) is 3.66. The summed E-state index contributed by atoms with van der Waals surface area (Å²) in [6.07, 6.45) is 2.44. The van der Waals surface area contributed by atoms with Crippen molar-refractivity contribution in [2.24, 2.45) is 0 Å². The van der Waals surface area contributed by atoms with Crippen molar-refractivity contribution in [3.8, 4) is 0 Å². The van der Waals surface area contributed by atoms with Crippen molar-refractivity contribution in [2.45, 2.75) is 19.0 Å². The first kappa shape index (κ1) is 15.0. The maximum absolute atomic E-state index is 12.8. The van der Waals surface area contributed by atoms with Gasteiger partial charge >= 0.3 is 0 Å². The molecule has 1 aliphatic heterocycles. The van der Waals surface area contributed by atoms with Gasteiger partial charge in [0.15, 0.2) is 0 Å². The Bertz CT molecular complexity index is 958. The maximum Gasteiger partial charge on any atom is 0.268 e. The van der Waals surface area contributed by atoms with Crippen LogP contribution in [0.5, 0.6) is 0 Å². The lowest BCUT2D eigenvalue weighted by Gasteiger charge is -2.26. The lowest BCUT2D eigenvalue weighted by atomic mass is 10.0. The standard InChI is InChI=1S/C15H16N6O2S/c1-21(6-10-19-9-3-5-24-13(9)14(22)20-10)15(23)12-11-8(2-4-16-12)17-7-18-11/h3,5,7,12,16H,2,4,6H2,1H3,(H,17,18)(H,19,20,22)/t12-/m1/s1. The largest absolute Gasteiger partial charge is 0.348 e. The van der Waals surface area contributed by atoms with E-state index in [-0.39, 0.29) is 18.0 Å². The summed E-state index contributed by atoms with van der Waals surface area (Å²) in [6.45, 7) is 0.952. The minimum Gasteiger partial charge on any atom is -0.348 e.